The summed E-state index contributed by atoms with van der Waals surface area (Å²) in [5.74, 6) is 0.0771. The Morgan fingerprint density at radius 3 is 2.76 bits per heavy atom. The molecule has 25 heavy (non-hydrogen) atoms. The van der Waals surface area contributed by atoms with Crippen molar-refractivity contribution < 1.29 is 9.18 Å². The van der Waals surface area contributed by atoms with E-state index in [4.69, 9.17) is 5.73 Å². The summed E-state index contributed by atoms with van der Waals surface area (Å²) >= 11 is 1.49. The summed E-state index contributed by atoms with van der Waals surface area (Å²) in [7, 11) is 0. The van der Waals surface area contributed by atoms with Crippen molar-refractivity contribution >= 4 is 34.8 Å². The monoisotopic (exact) mass is 383 g/mol. The Balaban J connectivity index is 0.00000225. The van der Waals surface area contributed by atoms with Gasteiger partial charge in [0.1, 0.15) is 5.82 Å². The highest BCUT2D eigenvalue weighted by Gasteiger charge is 2.32. The van der Waals surface area contributed by atoms with Crippen LogP contribution >= 0.6 is 23.7 Å². The molecule has 136 valence electrons. The van der Waals surface area contributed by atoms with Crippen LogP contribution in [0.15, 0.2) is 24.3 Å². The Morgan fingerprint density at radius 2 is 2.08 bits per heavy atom. The average molecular weight is 384 g/mol. The normalized spacial score (nSPS) is 19.5. The van der Waals surface area contributed by atoms with Gasteiger partial charge in [0.15, 0.2) is 5.13 Å². The Hall–Kier alpha value is -1.50. The third kappa shape index (κ3) is 4.77. The van der Waals surface area contributed by atoms with E-state index in [0.717, 1.165) is 35.4 Å². The topological polar surface area (TPSA) is 68.0 Å². The quantitative estimate of drug-likeness (QED) is 0.822. The molecule has 1 saturated carbocycles. The number of carbonyl (C=O) groups excluding carboxylic acids is 1. The molecular formula is C18H23ClFN3OS. The van der Waals surface area contributed by atoms with E-state index in [1.807, 2.05) is 6.92 Å². The van der Waals surface area contributed by atoms with Crippen LogP contribution in [-0.4, -0.2) is 17.4 Å². The average Bonchev–Trinajstić information content (AvgIpc) is 3.16. The van der Waals surface area contributed by atoms with E-state index in [1.54, 1.807) is 12.1 Å². The minimum Gasteiger partial charge on any atom is -0.330 e. The number of aryl methyl sites for hydroxylation is 1. The van der Waals surface area contributed by atoms with Gasteiger partial charge in [0.25, 0.3) is 0 Å². The number of nitrogens with zero attached hydrogens (tertiary/aromatic N) is 1. The highest BCUT2D eigenvalue weighted by molar-refractivity contribution is 7.15. The Morgan fingerprint density at radius 1 is 1.36 bits per heavy atom. The van der Waals surface area contributed by atoms with Crippen LogP contribution in [0.25, 0.3) is 0 Å². The van der Waals surface area contributed by atoms with E-state index >= 15 is 0 Å². The molecule has 3 rings (SSSR count). The lowest BCUT2D eigenvalue weighted by Crippen LogP contribution is -2.29. The van der Waals surface area contributed by atoms with Gasteiger partial charge in [0, 0.05) is 17.2 Å². The predicted octanol–water partition coefficient (Wildman–Crippen LogP) is 3.92. The molecule has 7 heteroatoms. The van der Waals surface area contributed by atoms with Gasteiger partial charge in [-0.25, -0.2) is 9.37 Å². The number of benzene rings is 1. The third-order valence-electron chi connectivity index (χ3n) is 4.70. The van der Waals surface area contributed by atoms with Crippen LogP contribution in [0.4, 0.5) is 9.52 Å². The molecule has 1 fully saturated rings. The molecule has 3 N–H and O–H groups in total. The van der Waals surface area contributed by atoms with Gasteiger partial charge in [-0.1, -0.05) is 18.6 Å². The molecule has 0 saturated heterocycles. The van der Waals surface area contributed by atoms with Crippen molar-refractivity contribution in [2.45, 2.75) is 32.6 Å². The van der Waals surface area contributed by atoms with Crippen LogP contribution in [0, 0.1) is 24.6 Å². The zero-order chi connectivity index (χ0) is 17.1. The SMILES string of the molecule is Cc1nc(NC(=O)[C@@H]2CCC[C@@H]2CN)sc1Cc1ccc(F)cc1.Cl. The van der Waals surface area contributed by atoms with Crippen LogP contribution in [0.2, 0.25) is 0 Å². The largest absolute Gasteiger partial charge is 0.330 e. The van der Waals surface area contributed by atoms with E-state index in [9.17, 15) is 9.18 Å². The molecule has 1 aliphatic rings. The molecule has 0 bridgehead atoms. The fourth-order valence-corrected chi connectivity index (χ4v) is 4.30. The Kier molecular flexibility index (Phi) is 6.93. The van der Waals surface area contributed by atoms with Gasteiger partial charge in [0.2, 0.25) is 5.91 Å². The Labute approximate surface area is 157 Å². The van der Waals surface area contributed by atoms with Crippen LogP contribution in [0.3, 0.4) is 0 Å². The summed E-state index contributed by atoms with van der Waals surface area (Å²) in [6.07, 6.45) is 3.68. The summed E-state index contributed by atoms with van der Waals surface area (Å²) in [5.41, 5.74) is 7.69. The molecule has 0 aliphatic heterocycles. The van der Waals surface area contributed by atoms with Gasteiger partial charge in [-0.15, -0.1) is 23.7 Å². The van der Waals surface area contributed by atoms with Crippen LogP contribution < -0.4 is 11.1 Å². The molecule has 4 nitrogen and oxygen atoms in total. The molecule has 1 amide bonds. The van der Waals surface area contributed by atoms with Crippen molar-refractivity contribution in [2.24, 2.45) is 17.6 Å². The first kappa shape index (κ1) is 19.8. The molecule has 2 atom stereocenters. The molecule has 0 unspecified atom stereocenters. The number of nitrogens with one attached hydrogen (secondary N) is 1. The van der Waals surface area contributed by atoms with Crippen molar-refractivity contribution in [3.8, 4) is 0 Å². The van der Waals surface area contributed by atoms with Crippen LogP contribution in [-0.2, 0) is 11.2 Å². The predicted molar refractivity (Wildman–Crippen MR) is 102 cm³/mol. The number of rotatable bonds is 5. The lowest BCUT2D eigenvalue weighted by molar-refractivity contribution is -0.120. The van der Waals surface area contributed by atoms with Crippen LogP contribution in [0.5, 0.6) is 0 Å². The van der Waals surface area contributed by atoms with Crippen molar-refractivity contribution in [2.75, 3.05) is 11.9 Å². The number of thiazole rings is 1. The minimum atomic E-state index is -0.237. The molecule has 1 aromatic heterocycles. The molecule has 0 spiro atoms. The van der Waals surface area contributed by atoms with E-state index in [-0.39, 0.29) is 36.0 Å². The van der Waals surface area contributed by atoms with Crippen molar-refractivity contribution in [3.63, 3.8) is 0 Å². The minimum absolute atomic E-state index is 0. The van der Waals surface area contributed by atoms with Crippen molar-refractivity contribution in [1.29, 1.82) is 0 Å². The fraction of sp³-hybridized carbons (Fsp3) is 0.444. The summed E-state index contributed by atoms with van der Waals surface area (Å²) in [6, 6.07) is 6.47. The van der Waals surface area contributed by atoms with Gasteiger partial charge in [0.05, 0.1) is 5.69 Å². The first-order valence-electron chi connectivity index (χ1n) is 8.28. The van der Waals surface area contributed by atoms with E-state index in [1.165, 1.54) is 23.5 Å². The Bertz CT molecular complexity index is 720. The summed E-state index contributed by atoms with van der Waals surface area (Å²) < 4.78 is 13.0. The number of carbonyl (C=O) groups is 1. The maximum absolute atomic E-state index is 13.0. The second kappa shape index (κ2) is 8.74. The molecule has 0 radical (unpaired) electrons. The first-order valence-corrected chi connectivity index (χ1v) is 9.10. The van der Waals surface area contributed by atoms with E-state index in [0.29, 0.717) is 18.1 Å². The van der Waals surface area contributed by atoms with Crippen molar-refractivity contribution in [1.82, 2.24) is 4.98 Å². The molecule has 2 aromatic rings. The first-order chi connectivity index (χ1) is 11.6. The highest BCUT2D eigenvalue weighted by Crippen LogP contribution is 2.33. The maximum Gasteiger partial charge on any atom is 0.229 e. The van der Waals surface area contributed by atoms with E-state index < -0.39 is 0 Å². The number of nitrogens with two attached hydrogens (primary N) is 1. The van der Waals surface area contributed by atoms with Crippen LogP contribution in [0.1, 0.15) is 35.4 Å². The number of amides is 1. The van der Waals surface area contributed by atoms with Gasteiger partial charge < -0.3 is 11.1 Å². The fourth-order valence-electron chi connectivity index (χ4n) is 3.30. The van der Waals surface area contributed by atoms with Gasteiger partial charge in [-0.2, -0.15) is 0 Å². The van der Waals surface area contributed by atoms with Gasteiger partial charge in [-0.05, 0) is 49.9 Å². The molecular weight excluding hydrogens is 361 g/mol. The molecule has 1 aromatic carbocycles. The summed E-state index contributed by atoms with van der Waals surface area (Å²) in [6.45, 7) is 2.49. The number of hydrogen-bond acceptors (Lipinski definition) is 4. The van der Waals surface area contributed by atoms with Gasteiger partial charge in [-0.3, -0.25) is 4.79 Å². The standard InChI is InChI=1S/C18H22FN3OS.ClH/c1-11-16(9-12-5-7-14(19)8-6-12)24-18(21-11)22-17(23)15-4-2-3-13(15)10-20;/h5-8,13,15H,2-4,9-10,20H2,1H3,(H,21,22,23);1H/t13-,15-;/m1./s1. The lowest BCUT2D eigenvalue weighted by Gasteiger charge is -2.16. The third-order valence-corrected chi connectivity index (χ3v) is 5.77. The zero-order valence-electron chi connectivity index (χ0n) is 14.1. The lowest BCUT2D eigenvalue weighted by atomic mass is 9.95. The summed E-state index contributed by atoms with van der Waals surface area (Å²) in [5, 5.41) is 3.59. The number of aromatic nitrogens is 1. The maximum atomic E-state index is 13.0. The highest BCUT2D eigenvalue weighted by atomic mass is 35.5. The number of anilines is 1. The number of hydrogen-bond donors (Lipinski definition) is 2. The molecule has 1 heterocycles. The zero-order valence-corrected chi connectivity index (χ0v) is 15.8. The smallest absolute Gasteiger partial charge is 0.229 e. The summed E-state index contributed by atoms with van der Waals surface area (Å²) in [4.78, 5) is 18.0. The second-order valence-electron chi connectivity index (χ2n) is 6.35. The molecule has 1 aliphatic carbocycles. The second-order valence-corrected chi connectivity index (χ2v) is 7.44. The van der Waals surface area contributed by atoms with E-state index in [2.05, 4.69) is 10.3 Å². The number of halogens is 2. The van der Waals surface area contributed by atoms with Gasteiger partial charge >= 0.3 is 0 Å². The van der Waals surface area contributed by atoms with Crippen molar-refractivity contribution in [3.05, 3.63) is 46.2 Å².